The highest BCUT2D eigenvalue weighted by Crippen LogP contribution is 1.77. The molecule has 0 bridgehead atoms. The fourth-order valence-corrected chi connectivity index (χ4v) is 0.860. The molecule has 0 unspecified atom stereocenters. The fourth-order valence-electron chi connectivity index (χ4n) is 0.860. The van der Waals surface area contributed by atoms with Crippen LogP contribution >= 0.6 is 0 Å². The van der Waals surface area contributed by atoms with E-state index in [1.54, 1.807) is 0 Å². The highest BCUT2D eigenvalue weighted by Gasteiger charge is 2.04. The first-order valence-corrected chi connectivity index (χ1v) is 3.50. The van der Waals surface area contributed by atoms with Crippen molar-refractivity contribution in [3.05, 3.63) is 33.1 Å². The standard InChI is InChI=1S/C7H8N2O4/c1-8-2-3-9(4-5(10)11)7(13)6(8)12/h2-3H,4H2,1H3,(H,10,11). The van der Waals surface area contributed by atoms with E-state index in [2.05, 4.69) is 0 Å². The number of aryl methyl sites for hydroxylation is 1. The van der Waals surface area contributed by atoms with Crippen molar-refractivity contribution in [2.45, 2.75) is 6.54 Å². The Labute approximate surface area is 72.7 Å². The van der Waals surface area contributed by atoms with E-state index in [1.165, 1.54) is 19.4 Å². The molecule has 0 amide bonds. The lowest BCUT2D eigenvalue weighted by Gasteiger charge is -2.01. The molecule has 13 heavy (non-hydrogen) atoms. The first-order chi connectivity index (χ1) is 6.02. The molecule has 0 fully saturated rings. The second kappa shape index (κ2) is 3.26. The van der Waals surface area contributed by atoms with Gasteiger partial charge in [-0.2, -0.15) is 0 Å². The van der Waals surface area contributed by atoms with Crippen molar-refractivity contribution in [3.8, 4) is 0 Å². The van der Waals surface area contributed by atoms with E-state index >= 15 is 0 Å². The topological polar surface area (TPSA) is 81.3 Å². The van der Waals surface area contributed by atoms with E-state index in [1.807, 2.05) is 0 Å². The number of rotatable bonds is 2. The Morgan fingerprint density at radius 3 is 2.54 bits per heavy atom. The van der Waals surface area contributed by atoms with Crippen LogP contribution in [0.4, 0.5) is 0 Å². The van der Waals surface area contributed by atoms with E-state index in [0.29, 0.717) is 0 Å². The largest absolute Gasteiger partial charge is 0.480 e. The van der Waals surface area contributed by atoms with Gasteiger partial charge in [0.05, 0.1) is 0 Å². The Kier molecular flexibility index (Phi) is 2.32. The number of carbonyl (C=O) groups is 1. The van der Waals surface area contributed by atoms with Gasteiger partial charge < -0.3 is 9.67 Å². The summed E-state index contributed by atoms with van der Waals surface area (Å²) in [6, 6.07) is 0. The van der Waals surface area contributed by atoms with Crippen LogP contribution in [0, 0.1) is 0 Å². The van der Waals surface area contributed by atoms with Gasteiger partial charge in [0.2, 0.25) is 0 Å². The summed E-state index contributed by atoms with van der Waals surface area (Å²) >= 11 is 0. The number of hydrogen-bond donors (Lipinski definition) is 1. The minimum Gasteiger partial charge on any atom is -0.480 e. The second-order valence-corrected chi connectivity index (χ2v) is 2.54. The number of carboxylic acid groups (broad SMARTS) is 1. The van der Waals surface area contributed by atoms with Crippen molar-refractivity contribution in [2.75, 3.05) is 0 Å². The molecular weight excluding hydrogens is 176 g/mol. The van der Waals surface area contributed by atoms with Crippen LogP contribution in [-0.4, -0.2) is 20.2 Å². The van der Waals surface area contributed by atoms with Crippen molar-refractivity contribution in [2.24, 2.45) is 7.05 Å². The third kappa shape index (κ3) is 1.84. The average molecular weight is 184 g/mol. The second-order valence-electron chi connectivity index (χ2n) is 2.54. The molecule has 1 N–H and O–H groups in total. The monoisotopic (exact) mass is 184 g/mol. The molecule has 1 heterocycles. The number of hydrogen-bond acceptors (Lipinski definition) is 3. The molecule has 0 saturated heterocycles. The van der Waals surface area contributed by atoms with E-state index in [-0.39, 0.29) is 0 Å². The van der Waals surface area contributed by atoms with Gasteiger partial charge in [0.15, 0.2) is 0 Å². The lowest BCUT2D eigenvalue weighted by Crippen LogP contribution is -2.40. The smallest absolute Gasteiger partial charge is 0.323 e. The zero-order valence-electron chi connectivity index (χ0n) is 6.93. The zero-order chi connectivity index (χ0) is 10.0. The van der Waals surface area contributed by atoms with Gasteiger partial charge in [-0.3, -0.25) is 19.0 Å². The van der Waals surface area contributed by atoms with Gasteiger partial charge in [-0.05, 0) is 0 Å². The molecule has 0 aliphatic carbocycles. The van der Waals surface area contributed by atoms with Crippen LogP contribution in [0.5, 0.6) is 0 Å². The third-order valence-corrected chi connectivity index (χ3v) is 1.54. The van der Waals surface area contributed by atoms with Gasteiger partial charge in [-0.1, -0.05) is 0 Å². The average Bonchev–Trinajstić information content (AvgIpc) is 2.06. The molecule has 1 aromatic rings. The molecule has 0 aromatic carbocycles. The van der Waals surface area contributed by atoms with Crippen LogP contribution in [0.15, 0.2) is 22.0 Å². The Bertz CT molecular complexity index is 443. The van der Waals surface area contributed by atoms with Crippen LogP contribution in [0.3, 0.4) is 0 Å². The highest BCUT2D eigenvalue weighted by atomic mass is 16.4. The maximum absolute atomic E-state index is 11.1. The van der Waals surface area contributed by atoms with Crippen LogP contribution in [-0.2, 0) is 18.4 Å². The van der Waals surface area contributed by atoms with Gasteiger partial charge in [0.25, 0.3) is 0 Å². The maximum Gasteiger partial charge on any atom is 0.323 e. The lowest BCUT2D eigenvalue weighted by molar-refractivity contribution is -0.137. The fraction of sp³-hybridized carbons (Fsp3) is 0.286. The number of carboxylic acids is 1. The van der Waals surface area contributed by atoms with Crippen molar-refractivity contribution in [3.63, 3.8) is 0 Å². The van der Waals surface area contributed by atoms with E-state index in [4.69, 9.17) is 5.11 Å². The Morgan fingerprint density at radius 1 is 1.38 bits per heavy atom. The summed E-state index contributed by atoms with van der Waals surface area (Å²) in [4.78, 5) is 32.3. The predicted molar refractivity (Wildman–Crippen MR) is 43.6 cm³/mol. The lowest BCUT2D eigenvalue weighted by atomic mass is 10.5. The van der Waals surface area contributed by atoms with Crippen LogP contribution < -0.4 is 11.1 Å². The molecule has 0 radical (unpaired) electrons. The molecule has 1 rings (SSSR count). The normalized spacial score (nSPS) is 9.92. The molecule has 0 atom stereocenters. The summed E-state index contributed by atoms with van der Waals surface area (Å²) in [6.07, 6.45) is 2.60. The quantitative estimate of drug-likeness (QED) is 0.575. The van der Waals surface area contributed by atoms with Crippen molar-refractivity contribution in [1.29, 1.82) is 0 Å². The first kappa shape index (κ1) is 9.24. The number of nitrogens with zero attached hydrogens (tertiary/aromatic N) is 2. The molecule has 6 nitrogen and oxygen atoms in total. The van der Waals surface area contributed by atoms with E-state index in [0.717, 1.165) is 9.13 Å². The molecule has 0 aliphatic rings. The van der Waals surface area contributed by atoms with Gasteiger partial charge in [0, 0.05) is 19.4 Å². The molecule has 6 heteroatoms. The Morgan fingerprint density at radius 2 is 2.00 bits per heavy atom. The SMILES string of the molecule is Cn1ccn(CC(=O)O)c(=O)c1=O. The maximum atomic E-state index is 11.1. The minimum atomic E-state index is -1.16. The Balaban J connectivity index is 3.27. The number of aliphatic carboxylic acids is 1. The molecule has 1 aromatic heterocycles. The summed E-state index contributed by atoms with van der Waals surface area (Å²) in [7, 11) is 1.43. The summed E-state index contributed by atoms with van der Waals surface area (Å²) < 4.78 is 1.95. The van der Waals surface area contributed by atoms with Crippen molar-refractivity contribution in [1.82, 2.24) is 9.13 Å². The molecular formula is C7H8N2O4. The van der Waals surface area contributed by atoms with Gasteiger partial charge in [0.1, 0.15) is 6.54 Å². The van der Waals surface area contributed by atoms with Crippen molar-refractivity contribution >= 4 is 5.97 Å². The summed E-state index contributed by atoms with van der Waals surface area (Å²) in [5.41, 5.74) is -1.56. The van der Waals surface area contributed by atoms with Crippen LogP contribution in [0.1, 0.15) is 0 Å². The molecule has 0 aliphatic heterocycles. The van der Waals surface area contributed by atoms with Gasteiger partial charge >= 0.3 is 17.1 Å². The zero-order valence-corrected chi connectivity index (χ0v) is 6.93. The summed E-state index contributed by atoms with van der Waals surface area (Å²) in [5.74, 6) is -1.16. The minimum absolute atomic E-state index is 0.491. The van der Waals surface area contributed by atoms with Gasteiger partial charge in [-0.25, -0.2) is 0 Å². The Hall–Kier alpha value is -1.85. The molecule has 70 valence electrons. The van der Waals surface area contributed by atoms with Gasteiger partial charge in [-0.15, -0.1) is 0 Å². The van der Waals surface area contributed by atoms with Crippen molar-refractivity contribution < 1.29 is 9.90 Å². The van der Waals surface area contributed by atoms with Crippen LogP contribution in [0.25, 0.3) is 0 Å². The summed E-state index contributed by atoms with van der Waals surface area (Å²) in [6.45, 7) is -0.491. The number of aromatic nitrogens is 2. The third-order valence-electron chi connectivity index (χ3n) is 1.54. The van der Waals surface area contributed by atoms with Crippen LogP contribution in [0.2, 0.25) is 0 Å². The predicted octanol–water partition coefficient (Wildman–Crippen LogP) is -1.37. The molecule has 0 spiro atoms. The summed E-state index contributed by atoms with van der Waals surface area (Å²) in [5, 5.41) is 8.38. The molecule has 0 saturated carbocycles. The highest BCUT2D eigenvalue weighted by molar-refractivity contribution is 5.66. The first-order valence-electron chi connectivity index (χ1n) is 3.50. The van der Waals surface area contributed by atoms with E-state index < -0.39 is 23.6 Å². The van der Waals surface area contributed by atoms with E-state index in [9.17, 15) is 14.4 Å².